The molecule has 5 rings (SSSR count). The van der Waals surface area contributed by atoms with Crippen LogP contribution in [-0.2, 0) is 0 Å². The Kier molecular flexibility index (Phi) is 3.76. The summed E-state index contributed by atoms with van der Waals surface area (Å²) >= 11 is 0. The molecule has 4 bridgehead atoms. The first kappa shape index (κ1) is 17.0. The van der Waals surface area contributed by atoms with Crippen molar-refractivity contribution in [1.82, 2.24) is 4.57 Å². The average molecular weight is 364 g/mol. The van der Waals surface area contributed by atoms with Crippen molar-refractivity contribution in [1.29, 1.82) is 0 Å². The highest BCUT2D eigenvalue weighted by molar-refractivity contribution is 7.07. The Bertz CT molecular complexity index is 439. The Morgan fingerprint density at radius 2 is 1.22 bits per heavy atom. The summed E-state index contributed by atoms with van der Waals surface area (Å²) in [6.45, 7) is 17.5. The average Bonchev–Trinajstić information content (AvgIpc) is 2.82. The Balaban J connectivity index is 1.63. The molecule has 1 saturated heterocycles. The van der Waals surface area contributed by atoms with Gasteiger partial charge in [-0.15, -0.1) is 0 Å². The first-order chi connectivity index (χ1) is 10.5. The predicted octanol–water partition coefficient (Wildman–Crippen LogP) is 5.19. The largest absolute Gasteiger partial charge is 0.320 e. The zero-order valence-electron chi connectivity index (χ0n) is 16.3. The van der Waals surface area contributed by atoms with Gasteiger partial charge in [-0.25, -0.2) is 0 Å². The summed E-state index contributed by atoms with van der Waals surface area (Å²) in [5.74, 6) is 3.29. The van der Waals surface area contributed by atoms with Crippen molar-refractivity contribution in [3.63, 3.8) is 0 Å². The van der Waals surface area contributed by atoms with Crippen molar-refractivity contribution >= 4 is 25.8 Å². The van der Waals surface area contributed by atoms with Gasteiger partial charge in [-0.3, -0.25) is 0 Å². The molecular formula is C19H37NSi3. The molecule has 0 N–H and O–H groups in total. The van der Waals surface area contributed by atoms with E-state index >= 15 is 0 Å². The predicted molar refractivity (Wildman–Crippen MR) is 107 cm³/mol. The SMILES string of the molecule is C[Si](C)(C)C1([Si](C)(C)C)CCN(C23CC4CC(CC(C4)C2)C3)[Si]1. The van der Waals surface area contributed by atoms with E-state index in [1.807, 2.05) is 0 Å². The summed E-state index contributed by atoms with van der Waals surface area (Å²) in [5, 5.41) is 0. The van der Waals surface area contributed by atoms with Gasteiger partial charge in [0.15, 0.2) is 0 Å². The summed E-state index contributed by atoms with van der Waals surface area (Å²) in [6, 6.07) is 0. The third-order valence-corrected chi connectivity index (χ3v) is 25.1. The summed E-state index contributed by atoms with van der Waals surface area (Å²) < 4.78 is 3.89. The molecule has 4 saturated carbocycles. The highest BCUT2D eigenvalue weighted by Gasteiger charge is 2.61. The molecule has 0 atom stereocenters. The molecule has 1 nitrogen and oxygen atoms in total. The van der Waals surface area contributed by atoms with Crippen molar-refractivity contribution in [2.75, 3.05) is 6.54 Å². The quantitative estimate of drug-likeness (QED) is 0.623. The number of hydrogen-bond acceptors (Lipinski definition) is 1. The highest BCUT2D eigenvalue weighted by Crippen LogP contribution is 2.61. The van der Waals surface area contributed by atoms with Crippen LogP contribution in [0.2, 0.25) is 43.6 Å². The molecule has 0 spiro atoms. The van der Waals surface area contributed by atoms with Gasteiger partial charge in [0.1, 0.15) is 9.68 Å². The second-order valence-electron chi connectivity index (χ2n) is 11.6. The lowest BCUT2D eigenvalue weighted by molar-refractivity contribution is -0.0552. The zero-order chi connectivity index (χ0) is 16.7. The monoisotopic (exact) mass is 363 g/mol. The number of rotatable bonds is 3. The molecule has 4 aliphatic carbocycles. The van der Waals surface area contributed by atoms with Gasteiger partial charge in [-0.1, -0.05) is 39.3 Å². The second-order valence-corrected chi connectivity index (χ2v) is 25.4. The Morgan fingerprint density at radius 1 is 0.783 bits per heavy atom. The lowest BCUT2D eigenvalue weighted by Crippen LogP contribution is -2.63. The third kappa shape index (κ3) is 2.45. The van der Waals surface area contributed by atoms with Gasteiger partial charge in [-0.2, -0.15) is 0 Å². The van der Waals surface area contributed by atoms with Crippen molar-refractivity contribution in [2.24, 2.45) is 17.8 Å². The zero-order valence-corrected chi connectivity index (χ0v) is 19.3. The van der Waals surface area contributed by atoms with Crippen molar-refractivity contribution in [3.8, 4) is 0 Å². The van der Waals surface area contributed by atoms with Crippen LogP contribution in [0.4, 0.5) is 0 Å². The van der Waals surface area contributed by atoms with E-state index in [0.717, 1.165) is 31.7 Å². The maximum atomic E-state index is 3.12. The second kappa shape index (κ2) is 5.08. The summed E-state index contributed by atoms with van der Waals surface area (Å²) in [6.07, 6.45) is 11.0. The minimum absolute atomic E-state index is 0.661. The molecule has 4 heteroatoms. The molecule has 0 aromatic rings. The van der Waals surface area contributed by atoms with Gasteiger partial charge in [-0.05, 0) is 73.5 Å². The van der Waals surface area contributed by atoms with E-state index in [9.17, 15) is 0 Å². The van der Waals surface area contributed by atoms with Crippen LogP contribution in [0.15, 0.2) is 0 Å². The van der Waals surface area contributed by atoms with E-state index in [0.29, 0.717) is 5.54 Å². The number of nitrogens with zero attached hydrogens (tertiary/aromatic N) is 1. The maximum absolute atomic E-state index is 3.12. The molecule has 0 amide bonds. The van der Waals surface area contributed by atoms with Gasteiger partial charge in [0, 0.05) is 21.7 Å². The molecule has 0 aromatic heterocycles. The van der Waals surface area contributed by atoms with Gasteiger partial charge in [0.2, 0.25) is 0 Å². The molecule has 0 unspecified atom stereocenters. The molecule has 2 radical (unpaired) electrons. The summed E-state index contributed by atoms with van der Waals surface area (Å²) in [7, 11) is -1.10. The fourth-order valence-corrected chi connectivity index (χ4v) is 23.2. The minimum Gasteiger partial charge on any atom is -0.320 e. The van der Waals surface area contributed by atoms with Crippen molar-refractivity contribution in [3.05, 3.63) is 0 Å². The normalized spacial score (nSPS) is 43.3. The minimum atomic E-state index is -1.13. The van der Waals surface area contributed by atoms with E-state index in [1.165, 1.54) is 6.54 Å². The van der Waals surface area contributed by atoms with Crippen LogP contribution in [0.3, 0.4) is 0 Å². The summed E-state index contributed by atoms with van der Waals surface area (Å²) in [4.78, 5) is 0. The van der Waals surface area contributed by atoms with Gasteiger partial charge in [0.25, 0.3) is 0 Å². The van der Waals surface area contributed by atoms with Crippen LogP contribution in [0.5, 0.6) is 0 Å². The standard InChI is InChI=1S/C19H37NSi3/c1-22(2,3)19(23(4,5)6)7-8-20(21-19)18-12-15-9-16(13-18)11-17(10-15)14-18/h15-17H,7-14H2,1-6H3. The molecular weight excluding hydrogens is 326 g/mol. The molecule has 5 fully saturated rings. The van der Waals surface area contributed by atoms with E-state index in [2.05, 4.69) is 43.8 Å². The van der Waals surface area contributed by atoms with E-state index in [-0.39, 0.29) is 0 Å². The third-order valence-electron chi connectivity index (χ3n) is 8.18. The Hall–Kier alpha value is 0.611. The van der Waals surface area contributed by atoms with Crippen LogP contribution in [-0.4, -0.2) is 42.5 Å². The first-order valence-corrected chi connectivity index (χ1v) is 18.0. The van der Waals surface area contributed by atoms with Crippen LogP contribution >= 0.6 is 0 Å². The van der Waals surface area contributed by atoms with Crippen molar-refractivity contribution in [2.45, 2.75) is 94.1 Å². The fourth-order valence-electron chi connectivity index (χ4n) is 7.58. The molecule has 5 aliphatic rings. The van der Waals surface area contributed by atoms with E-state index in [1.54, 1.807) is 44.9 Å². The molecule has 130 valence electrons. The first-order valence-electron chi connectivity index (χ1n) is 10.1. The smallest absolute Gasteiger partial charge is 0.143 e. The molecule has 1 aliphatic heterocycles. The van der Waals surface area contributed by atoms with E-state index < -0.39 is 16.1 Å². The van der Waals surface area contributed by atoms with Gasteiger partial charge >= 0.3 is 0 Å². The highest BCUT2D eigenvalue weighted by atomic mass is 28.4. The van der Waals surface area contributed by atoms with Gasteiger partial charge in [0.05, 0.1) is 0 Å². The van der Waals surface area contributed by atoms with E-state index in [4.69, 9.17) is 0 Å². The van der Waals surface area contributed by atoms with Crippen LogP contribution < -0.4 is 0 Å². The Morgan fingerprint density at radius 3 is 1.57 bits per heavy atom. The van der Waals surface area contributed by atoms with Crippen molar-refractivity contribution < 1.29 is 0 Å². The lowest BCUT2D eigenvalue weighted by atomic mass is 9.53. The van der Waals surface area contributed by atoms with Crippen LogP contribution in [0.25, 0.3) is 0 Å². The molecule has 0 aromatic carbocycles. The summed E-state index contributed by atoms with van der Waals surface area (Å²) in [5.41, 5.74) is 0.661. The fraction of sp³-hybridized carbons (Fsp3) is 1.00. The Labute approximate surface area is 148 Å². The maximum Gasteiger partial charge on any atom is 0.143 e. The van der Waals surface area contributed by atoms with Gasteiger partial charge < -0.3 is 4.57 Å². The van der Waals surface area contributed by atoms with Crippen LogP contribution in [0, 0.1) is 17.8 Å². The molecule has 1 heterocycles. The lowest BCUT2D eigenvalue weighted by Gasteiger charge is -2.61. The topological polar surface area (TPSA) is 3.24 Å². The molecule has 23 heavy (non-hydrogen) atoms. The number of hydrogen-bond donors (Lipinski definition) is 0. The van der Waals surface area contributed by atoms with Crippen LogP contribution in [0.1, 0.15) is 44.9 Å².